The molecule has 2 heterocycles. The molecule has 1 aliphatic rings. The molecule has 0 unspecified atom stereocenters. The van der Waals surface area contributed by atoms with Crippen molar-refractivity contribution in [3.8, 4) is 0 Å². The zero-order valence-electron chi connectivity index (χ0n) is 10.6. The average molecular weight is 260 g/mol. The van der Waals surface area contributed by atoms with Crippen LogP contribution in [0.1, 0.15) is 25.2 Å². The van der Waals surface area contributed by atoms with Crippen molar-refractivity contribution in [2.75, 3.05) is 6.54 Å². The quantitative estimate of drug-likeness (QED) is 0.901. The zero-order valence-corrected chi connectivity index (χ0v) is 10.6. The summed E-state index contributed by atoms with van der Waals surface area (Å²) < 4.78 is 5.67. The van der Waals surface area contributed by atoms with Gasteiger partial charge in [0, 0.05) is 19.0 Å². The Labute approximate surface area is 110 Å². The number of rotatable bonds is 2. The maximum atomic E-state index is 11.2. The van der Waals surface area contributed by atoms with Crippen LogP contribution in [0.4, 0.5) is 4.79 Å². The number of benzene rings is 1. The summed E-state index contributed by atoms with van der Waals surface area (Å²) in [7, 11) is 0. The van der Waals surface area contributed by atoms with Crippen LogP contribution in [0.3, 0.4) is 0 Å². The maximum Gasteiger partial charge on any atom is 0.407 e. The van der Waals surface area contributed by atoms with Crippen molar-refractivity contribution in [1.29, 1.82) is 0 Å². The van der Waals surface area contributed by atoms with Crippen molar-refractivity contribution in [3.63, 3.8) is 0 Å². The molecule has 0 saturated carbocycles. The summed E-state index contributed by atoms with van der Waals surface area (Å²) in [5.74, 6) is 0.624. The third kappa shape index (κ3) is 2.41. The van der Waals surface area contributed by atoms with Crippen molar-refractivity contribution < 1.29 is 14.3 Å². The molecule has 1 aliphatic heterocycles. The van der Waals surface area contributed by atoms with Crippen LogP contribution in [0.2, 0.25) is 0 Å². The molecule has 1 amide bonds. The van der Waals surface area contributed by atoms with Gasteiger partial charge in [0.05, 0.1) is 0 Å². The van der Waals surface area contributed by atoms with Gasteiger partial charge < -0.3 is 14.4 Å². The first-order valence-electron chi connectivity index (χ1n) is 6.58. The number of piperidine rings is 1. The Hall–Kier alpha value is -2.04. The second-order valence-corrected chi connectivity index (χ2v) is 4.91. The predicted octanol–water partition coefficient (Wildman–Crippen LogP) is 2.90. The van der Waals surface area contributed by atoms with Gasteiger partial charge in [-0.25, -0.2) is 9.78 Å². The van der Waals surface area contributed by atoms with Crippen LogP contribution >= 0.6 is 0 Å². The highest BCUT2D eigenvalue weighted by molar-refractivity contribution is 5.72. The van der Waals surface area contributed by atoms with E-state index in [0.29, 0.717) is 18.9 Å². The summed E-state index contributed by atoms with van der Waals surface area (Å²) in [5.41, 5.74) is 1.59. The molecule has 1 aromatic carbocycles. The summed E-state index contributed by atoms with van der Waals surface area (Å²) in [6, 6.07) is 7.58. The maximum absolute atomic E-state index is 11.2. The van der Waals surface area contributed by atoms with E-state index in [1.54, 1.807) is 0 Å². The average Bonchev–Trinajstić information content (AvgIpc) is 2.81. The lowest BCUT2D eigenvalue weighted by molar-refractivity contribution is 0.104. The summed E-state index contributed by atoms with van der Waals surface area (Å²) >= 11 is 0. The van der Waals surface area contributed by atoms with E-state index in [1.807, 2.05) is 24.3 Å². The van der Waals surface area contributed by atoms with Crippen molar-refractivity contribution in [3.05, 3.63) is 30.2 Å². The number of aromatic nitrogens is 1. The van der Waals surface area contributed by atoms with Gasteiger partial charge in [-0.05, 0) is 31.4 Å². The molecule has 100 valence electrons. The molecule has 0 bridgehead atoms. The van der Waals surface area contributed by atoms with E-state index in [0.717, 1.165) is 30.4 Å². The fourth-order valence-electron chi connectivity index (χ4n) is 2.67. The Balaban J connectivity index is 1.80. The van der Waals surface area contributed by atoms with Crippen LogP contribution in [0.5, 0.6) is 0 Å². The smallest absolute Gasteiger partial charge is 0.407 e. The van der Waals surface area contributed by atoms with E-state index in [9.17, 15) is 9.90 Å². The molecule has 3 rings (SSSR count). The largest absolute Gasteiger partial charge is 0.465 e. The van der Waals surface area contributed by atoms with Gasteiger partial charge in [0.15, 0.2) is 11.5 Å². The lowest BCUT2D eigenvalue weighted by Gasteiger charge is -2.32. The van der Waals surface area contributed by atoms with Crippen molar-refractivity contribution in [2.24, 2.45) is 0 Å². The Kier molecular flexibility index (Phi) is 3.11. The normalized spacial score (nSPS) is 19.8. The predicted molar refractivity (Wildman–Crippen MR) is 70.1 cm³/mol. The highest BCUT2D eigenvalue weighted by Crippen LogP contribution is 2.22. The van der Waals surface area contributed by atoms with Crippen LogP contribution in [-0.2, 0) is 6.42 Å². The number of nitrogens with zero attached hydrogens (tertiary/aromatic N) is 2. The van der Waals surface area contributed by atoms with Gasteiger partial charge in [0.2, 0.25) is 0 Å². The molecule has 5 nitrogen and oxygen atoms in total. The molecule has 1 saturated heterocycles. The topological polar surface area (TPSA) is 66.6 Å². The van der Waals surface area contributed by atoms with Gasteiger partial charge in [-0.1, -0.05) is 12.1 Å². The van der Waals surface area contributed by atoms with Gasteiger partial charge in [0.25, 0.3) is 0 Å². The van der Waals surface area contributed by atoms with E-state index in [1.165, 1.54) is 4.90 Å². The number of carboxylic acid groups (broad SMARTS) is 1. The molecule has 19 heavy (non-hydrogen) atoms. The Morgan fingerprint density at radius 2 is 2.26 bits per heavy atom. The van der Waals surface area contributed by atoms with Crippen LogP contribution < -0.4 is 0 Å². The molecular weight excluding hydrogens is 244 g/mol. The Bertz CT molecular complexity index is 560. The fourth-order valence-corrected chi connectivity index (χ4v) is 2.67. The van der Waals surface area contributed by atoms with E-state index < -0.39 is 6.09 Å². The third-order valence-electron chi connectivity index (χ3n) is 3.62. The number of hydrogen-bond donors (Lipinski definition) is 1. The minimum Gasteiger partial charge on any atom is -0.465 e. The number of likely N-dealkylation sites (tertiary alicyclic amines) is 1. The molecule has 0 spiro atoms. The number of para-hydroxylation sites is 2. The Morgan fingerprint density at radius 1 is 1.42 bits per heavy atom. The number of hydrogen-bond acceptors (Lipinski definition) is 3. The minimum absolute atomic E-state index is 0.0145. The monoisotopic (exact) mass is 260 g/mol. The SMILES string of the molecule is O=C(O)N1CCCC[C@H]1Cc1nc2ccccc2o1. The second kappa shape index (κ2) is 4.91. The fraction of sp³-hybridized carbons (Fsp3) is 0.429. The summed E-state index contributed by atoms with van der Waals surface area (Å²) in [6.07, 6.45) is 2.60. The van der Waals surface area contributed by atoms with Crippen molar-refractivity contribution in [2.45, 2.75) is 31.7 Å². The Morgan fingerprint density at radius 3 is 3.05 bits per heavy atom. The van der Waals surface area contributed by atoms with Crippen LogP contribution in [0.25, 0.3) is 11.1 Å². The summed E-state index contributed by atoms with van der Waals surface area (Å²) in [4.78, 5) is 17.1. The van der Waals surface area contributed by atoms with Crippen molar-refractivity contribution >= 4 is 17.2 Å². The van der Waals surface area contributed by atoms with Crippen LogP contribution in [-0.4, -0.2) is 33.7 Å². The van der Waals surface area contributed by atoms with Gasteiger partial charge in [-0.15, -0.1) is 0 Å². The molecule has 1 atom stereocenters. The van der Waals surface area contributed by atoms with Crippen LogP contribution in [0.15, 0.2) is 28.7 Å². The number of fused-ring (bicyclic) bond motifs is 1. The molecule has 1 N–H and O–H groups in total. The number of carbonyl (C=O) groups is 1. The third-order valence-corrected chi connectivity index (χ3v) is 3.62. The minimum atomic E-state index is -0.846. The standard InChI is InChI=1S/C14H16N2O3/c17-14(18)16-8-4-3-5-10(16)9-13-15-11-6-1-2-7-12(11)19-13/h1-2,6-7,10H,3-5,8-9H2,(H,17,18)/t10-/m0/s1. The van der Waals surface area contributed by atoms with Gasteiger partial charge in [0.1, 0.15) is 5.52 Å². The lowest BCUT2D eigenvalue weighted by Crippen LogP contribution is -2.44. The highest BCUT2D eigenvalue weighted by atomic mass is 16.4. The van der Waals surface area contributed by atoms with Gasteiger partial charge in [-0.2, -0.15) is 0 Å². The van der Waals surface area contributed by atoms with E-state index >= 15 is 0 Å². The van der Waals surface area contributed by atoms with E-state index in [-0.39, 0.29) is 6.04 Å². The molecule has 5 heteroatoms. The van der Waals surface area contributed by atoms with E-state index in [4.69, 9.17) is 4.42 Å². The van der Waals surface area contributed by atoms with E-state index in [2.05, 4.69) is 4.98 Å². The van der Waals surface area contributed by atoms with Gasteiger partial charge in [-0.3, -0.25) is 0 Å². The second-order valence-electron chi connectivity index (χ2n) is 4.91. The summed E-state index contributed by atoms with van der Waals surface area (Å²) in [5, 5.41) is 9.20. The molecule has 1 fully saturated rings. The van der Waals surface area contributed by atoms with Crippen LogP contribution in [0, 0.1) is 0 Å². The van der Waals surface area contributed by atoms with Crippen molar-refractivity contribution in [1.82, 2.24) is 9.88 Å². The first kappa shape index (κ1) is 12.0. The molecule has 1 aromatic heterocycles. The zero-order chi connectivity index (χ0) is 13.2. The summed E-state index contributed by atoms with van der Waals surface area (Å²) in [6.45, 7) is 0.611. The molecule has 0 aliphatic carbocycles. The highest BCUT2D eigenvalue weighted by Gasteiger charge is 2.27. The molecular formula is C14H16N2O3. The van der Waals surface area contributed by atoms with Gasteiger partial charge >= 0.3 is 6.09 Å². The first-order valence-corrected chi connectivity index (χ1v) is 6.58. The first-order chi connectivity index (χ1) is 9.24. The molecule has 0 radical (unpaired) electrons. The number of amides is 1. The number of oxazole rings is 1. The molecule has 2 aromatic rings. The lowest BCUT2D eigenvalue weighted by atomic mass is 10.00.